The van der Waals surface area contributed by atoms with Crippen LogP contribution in [0.5, 0.6) is 0 Å². The van der Waals surface area contributed by atoms with Gasteiger partial charge in [-0.1, -0.05) is 0 Å². The SMILES string of the molecule is ClCc1nc2cc(I)ccc2n1C[C@@H]1CCO1. The number of alkyl halides is 1. The van der Waals surface area contributed by atoms with Gasteiger partial charge in [0.05, 0.1) is 29.6 Å². The van der Waals surface area contributed by atoms with Gasteiger partial charge in [-0.2, -0.15) is 0 Å². The van der Waals surface area contributed by atoms with Gasteiger partial charge in [0.15, 0.2) is 0 Å². The highest BCUT2D eigenvalue weighted by molar-refractivity contribution is 14.1. The molecule has 1 aliphatic rings. The van der Waals surface area contributed by atoms with Gasteiger partial charge in [-0.3, -0.25) is 0 Å². The number of fused-ring (bicyclic) bond motifs is 1. The van der Waals surface area contributed by atoms with E-state index in [1.165, 1.54) is 3.57 Å². The van der Waals surface area contributed by atoms with Crippen molar-refractivity contribution in [1.82, 2.24) is 9.55 Å². The zero-order valence-corrected chi connectivity index (χ0v) is 12.1. The van der Waals surface area contributed by atoms with Crippen LogP contribution in [0.2, 0.25) is 0 Å². The molecule has 0 aliphatic carbocycles. The molecule has 0 unspecified atom stereocenters. The minimum absolute atomic E-state index is 0.327. The van der Waals surface area contributed by atoms with Crippen molar-refractivity contribution >= 4 is 45.2 Å². The van der Waals surface area contributed by atoms with E-state index in [1.54, 1.807) is 0 Å². The molecule has 5 heteroatoms. The Morgan fingerprint density at radius 1 is 1.53 bits per heavy atom. The summed E-state index contributed by atoms with van der Waals surface area (Å²) in [5, 5.41) is 0. The lowest BCUT2D eigenvalue weighted by Gasteiger charge is -2.27. The van der Waals surface area contributed by atoms with Crippen molar-refractivity contribution < 1.29 is 4.74 Å². The predicted molar refractivity (Wildman–Crippen MR) is 76.4 cm³/mol. The number of halogens is 2. The first-order chi connectivity index (χ1) is 8.28. The number of aromatic nitrogens is 2. The standard InChI is InChI=1S/C12H12ClIN2O/c13-6-12-15-10-5-8(14)1-2-11(10)16(12)7-9-3-4-17-9/h1-2,5,9H,3-4,6-7H2/t9-/m0/s1. The van der Waals surface area contributed by atoms with Gasteiger partial charge in [0.25, 0.3) is 0 Å². The first-order valence-corrected chi connectivity index (χ1v) is 7.21. The molecule has 1 aliphatic heterocycles. The lowest BCUT2D eigenvalue weighted by atomic mass is 10.2. The fourth-order valence-corrected chi connectivity index (χ4v) is 2.77. The lowest BCUT2D eigenvalue weighted by molar-refractivity contribution is -0.0589. The van der Waals surface area contributed by atoms with E-state index in [0.717, 1.165) is 36.4 Å². The minimum Gasteiger partial charge on any atom is -0.376 e. The number of ether oxygens (including phenoxy) is 1. The molecule has 2 aromatic rings. The molecule has 17 heavy (non-hydrogen) atoms. The van der Waals surface area contributed by atoms with Crippen LogP contribution in [0.4, 0.5) is 0 Å². The van der Waals surface area contributed by atoms with Crippen molar-refractivity contribution in [2.75, 3.05) is 6.61 Å². The van der Waals surface area contributed by atoms with Gasteiger partial charge in [-0.25, -0.2) is 4.98 Å². The first-order valence-electron chi connectivity index (χ1n) is 5.60. The van der Waals surface area contributed by atoms with Gasteiger partial charge in [0, 0.05) is 10.2 Å². The molecule has 0 saturated carbocycles. The molecular weight excluding hydrogens is 351 g/mol. The first kappa shape index (κ1) is 11.7. The summed E-state index contributed by atoms with van der Waals surface area (Å²) in [5.41, 5.74) is 2.17. The van der Waals surface area contributed by atoms with Crippen LogP contribution in [0.1, 0.15) is 12.2 Å². The molecule has 3 nitrogen and oxygen atoms in total. The maximum absolute atomic E-state index is 5.96. The maximum atomic E-state index is 5.96. The third-order valence-electron chi connectivity index (χ3n) is 3.09. The molecule has 1 fully saturated rings. The molecule has 90 valence electrons. The third-order valence-corrected chi connectivity index (χ3v) is 4.00. The van der Waals surface area contributed by atoms with Crippen molar-refractivity contribution in [3.8, 4) is 0 Å². The van der Waals surface area contributed by atoms with E-state index >= 15 is 0 Å². The van der Waals surface area contributed by atoms with E-state index in [-0.39, 0.29) is 0 Å². The number of rotatable bonds is 3. The molecule has 0 N–H and O–H groups in total. The second-order valence-electron chi connectivity index (χ2n) is 4.19. The third kappa shape index (κ3) is 2.18. The van der Waals surface area contributed by atoms with Gasteiger partial charge in [-0.05, 0) is 47.2 Å². The van der Waals surface area contributed by atoms with Gasteiger partial charge in [0.2, 0.25) is 0 Å². The Bertz CT molecular complexity index is 551. The predicted octanol–water partition coefficient (Wildman–Crippen LogP) is 3.17. The Balaban J connectivity index is 2.05. The fourth-order valence-electron chi connectivity index (χ4n) is 2.09. The average Bonchev–Trinajstić information content (AvgIpc) is 2.60. The van der Waals surface area contributed by atoms with Crippen molar-refractivity contribution in [3.63, 3.8) is 0 Å². The largest absolute Gasteiger partial charge is 0.376 e. The molecule has 0 amide bonds. The van der Waals surface area contributed by atoms with Crippen LogP contribution < -0.4 is 0 Å². The summed E-state index contributed by atoms with van der Waals surface area (Å²) in [6, 6.07) is 6.30. The number of nitrogens with zero attached hydrogens (tertiary/aromatic N) is 2. The van der Waals surface area contributed by atoms with Crippen molar-refractivity contribution in [1.29, 1.82) is 0 Å². The molecule has 1 aromatic heterocycles. The van der Waals surface area contributed by atoms with Gasteiger partial charge >= 0.3 is 0 Å². The van der Waals surface area contributed by atoms with E-state index < -0.39 is 0 Å². The summed E-state index contributed by atoms with van der Waals surface area (Å²) >= 11 is 8.26. The zero-order chi connectivity index (χ0) is 11.8. The highest BCUT2D eigenvalue weighted by Crippen LogP contribution is 2.23. The number of hydrogen-bond donors (Lipinski definition) is 0. The normalized spacial score (nSPS) is 19.5. The molecule has 1 atom stereocenters. The van der Waals surface area contributed by atoms with Crippen molar-refractivity contribution in [2.45, 2.75) is 24.9 Å². The van der Waals surface area contributed by atoms with E-state index in [4.69, 9.17) is 16.3 Å². The quantitative estimate of drug-likeness (QED) is 0.619. The minimum atomic E-state index is 0.327. The molecule has 1 saturated heterocycles. The average molecular weight is 363 g/mol. The van der Waals surface area contributed by atoms with Crippen molar-refractivity contribution in [2.24, 2.45) is 0 Å². The molecule has 1 aromatic carbocycles. The molecule has 0 radical (unpaired) electrons. The number of benzene rings is 1. The summed E-state index contributed by atoms with van der Waals surface area (Å²) in [4.78, 5) is 4.57. The van der Waals surface area contributed by atoms with Crippen LogP contribution in [0.3, 0.4) is 0 Å². The molecule has 0 spiro atoms. The van der Waals surface area contributed by atoms with E-state index in [2.05, 4.69) is 50.3 Å². The van der Waals surface area contributed by atoms with Crippen LogP contribution in [0.25, 0.3) is 11.0 Å². The Morgan fingerprint density at radius 3 is 3.00 bits per heavy atom. The van der Waals surface area contributed by atoms with E-state index in [0.29, 0.717) is 12.0 Å². The Kier molecular flexibility index (Phi) is 3.28. The second kappa shape index (κ2) is 4.74. The van der Waals surface area contributed by atoms with Crippen LogP contribution >= 0.6 is 34.2 Å². The summed E-state index contributed by atoms with van der Waals surface area (Å²) < 4.78 is 8.86. The summed E-state index contributed by atoms with van der Waals surface area (Å²) in [5.74, 6) is 1.37. The van der Waals surface area contributed by atoms with Gasteiger partial charge < -0.3 is 9.30 Å². The second-order valence-corrected chi connectivity index (χ2v) is 5.70. The van der Waals surface area contributed by atoms with Crippen LogP contribution in [-0.2, 0) is 17.2 Å². The van der Waals surface area contributed by atoms with E-state index in [9.17, 15) is 0 Å². The van der Waals surface area contributed by atoms with Gasteiger partial charge in [0.1, 0.15) is 5.82 Å². The van der Waals surface area contributed by atoms with Crippen molar-refractivity contribution in [3.05, 3.63) is 27.6 Å². The molecule has 3 rings (SSSR count). The van der Waals surface area contributed by atoms with Crippen LogP contribution in [0.15, 0.2) is 18.2 Å². The van der Waals surface area contributed by atoms with Crippen LogP contribution in [0, 0.1) is 3.57 Å². The smallest absolute Gasteiger partial charge is 0.124 e. The monoisotopic (exact) mass is 362 g/mol. The number of hydrogen-bond acceptors (Lipinski definition) is 2. The van der Waals surface area contributed by atoms with Crippen LogP contribution in [-0.4, -0.2) is 22.3 Å². The molecule has 0 bridgehead atoms. The molecular formula is C12H12ClIN2O. The van der Waals surface area contributed by atoms with Gasteiger partial charge in [-0.15, -0.1) is 11.6 Å². The fraction of sp³-hybridized carbons (Fsp3) is 0.417. The molecule has 2 heterocycles. The topological polar surface area (TPSA) is 27.1 Å². The maximum Gasteiger partial charge on any atom is 0.124 e. The highest BCUT2D eigenvalue weighted by atomic mass is 127. The summed E-state index contributed by atoms with van der Waals surface area (Å²) in [6.45, 7) is 1.74. The zero-order valence-electron chi connectivity index (χ0n) is 9.20. The summed E-state index contributed by atoms with van der Waals surface area (Å²) in [7, 11) is 0. The van der Waals surface area contributed by atoms with E-state index in [1.807, 2.05) is 0 Å². The lowest BCUT2D eigenvalue weighted by Crippen LogP contribution is -2.31. The Morgan fingerprint density at radius 2 is 2.35 bits per heavy atom. The Labute approximate surface area is 118 Å². The highest BCUT2D eigenvalue weighted by Gasteiger charge is 2.21. The Hall–Kier alpha value is -0.330. The summed E-state index contributed by atoms with van der Waals surface area (Å²) in [6.07, 6.45) is 1.46. The number of imidazole rings is 1.